The van der Waals surface area contributed by atoms with Gasteiger partial charge in [-0.2, -0.15) is 5.10 Å². The molecule has 0 bridgehead atoms. The first-order valence-electron chi connectivity index (χ1n) is 10.7. The van der Waals surface area contributed by atoms with Crippen molar-refractivity contribution in [3.05, 3.63) is 65.2 Å². The van der Waals surface area contributed by atoms with Crippen LogP contribution < -0.4 is 15.0 Å². The molecule has 162 valence electrons. The molecule has 4 rings (SSSR count). The van der Waals surface area contributed by atoms with Crippen LogP contribution in [0.4, 0.5) is 5.82 Å². The van der Waals surface area contributed by atoms with Gasteiger partial charge < -0.3 is 15.0 Å². The topological polar surface area (TPSA) is 70.2 Å². The number of hydrogen-bond donors (Lipinski definition) is 2. The first kappa shape index (κ1) is 21.2. The molecule has 1 amide bonds. The van der Waals surface area contributed by atoms with Crippen LogP contribution in [0.3, 0.4) is 0 Å². The molecule has 1 aliphatic heterocycles. The zero-order valence-electron chi connectivity index (χ0n) is 17.6. The number of H-pyrrole nitrogens is 1. The molecule has 1 fully saturated rings. The summed E-state index contributed by atoms with van der Waals surface area (Å²) < 4.78 is 5.46. The summed E-state index contributed by atoms with van der Waals surface area (Å²) in [6, 6.07) is 17.5. The second-order valence-electron chi connectivity index (χ2n) is 7.75. The normalized spacial score (nSPS) is 16.2. The van der Waals surface area contributed by atoms with Gasteiger partial charge in [0.15, 0.2) is 5.82 Å². The quantitative estimate of drug-likeness (QED) is 0.571. The Hall–Kier alpha value is -2.99. The van der Waals surface area contributed by atoms with E-state index in [1.807, 2.05) is 61.5 Å². The number of aromatic nitrogens is 2. The van der Waals surface area contributed by atoms with Crippen LogP contribution in [0.2, 0.25) is 5.02 Å². The summed E-state index contributed by atoms with van der Waals surface area (Å²) in [5.74, 6) is 1.77. The minimum absolute atomic E-state index is 0.0416. The largest absolute Gasteiger partial charge is 0.494 e. The highest BCUT2D eigenvalue weighted by Gasteiger charge is 2.23. The Bertz CT molecular complexity index is 1000. The molecule has 1 saturated heterocycles. The fourth-order valence-corrected chi connectivity index (χ4v) is 4.01. The Morgan fingerprint density at radius 2 is 2.00 bits per heavy atom. The Morgan fingerprint density at radius 3 is 2.74 bits per heavy atom. The number of nitrogens with zero attached hydrogens (tertiary/aromatic N) is 2. The maximum atomic E-state index is 12.6. The Kier molecular flexibility index (Phi) is 6.77. The third kappa shape index (κ3) is 5.58. The Labute approximate surface area is 187 Å². The predicted octanol–water partition coefficient (Wildman–Crippen LogP) is 4.46. The van der Waals surface area contributed by atoms with Crippen molar-refractivity contribution in [2.45, 2.75) is 32.2 Å². The molecule has 6 nitrogen and oxygen atoms in total. The first-order chi connectivity index (χ1) is 15.1. The first-order valence-corrected chi connectivity index (χ1v) is 11.1. The summed E-state index contributed by atoms with van der Waals surface area (Å²) in [5.41, 5.74) is 2.97. The van der Waals surface area contributed by atoms with Gasteiger partial charge in [0.25, 0.3) is 0 Å². The molecule has 1 aromatic heterocycles. The molecular formula is C24H27ClN4O2. The molecular weight excluding hydrogens is 412 g/mol. The molecule has 1 unspecified atom stereocenters. The average Bonchev–Trinajstić information content (AvgIpc) is 3.26. The van der Waals surface area contributed by atoms with E-state index in [-0.39, 0.29) is 11.9 Å². The molecule has 0 radical (unpaired) electrons. The van der Waals surface area contributed by atoms with Crippen molar-refractivity contribution < 1.29 is 9.53 Å². The molecule has 2 N–H and O–H groups in total. The van der Waals surface area contributed by atoms with E-state index in [1.54, 1.807) is 0 Å². The van der Waals surface area contributed by atoms with Gasteiger partial charge in [0, 0.05) is 30.2 Å². The average molecular weight is 439 g/mol. The number of rotatable bonds is 7. The number of anilines is 1. The van der Waals surface area contributed by atoms with Gasteiger partial charge in [-0.1, -0.05) is 35.9 Å². The number of aromatic amines is 1. The highest BCUT2D eigenvalue weighted by atomic mass is 35.5. The van der Waals surface area contributed by atoms with Crippen LogP contribution in [0, 0.1) is 0 Å². The fraction of sp³-hybridized carbons (Fsp3) is 0.333. The molecule has 2 aromatic carbocycles. The van der Waals surface area contributed by atoms with Gasteiger partial charge in [-0.3, -0.25) is 9.89 Å². The van der Waals surface area contributed by atoms with E-state index in [4.69, 9.17) is 16.3 Å². The third-order valence-electron chi connectivity index (χ3n) is 5.43. The molecule has 7 heteroatoms. The number of amides is 1. The fourth-order valence-electron chi connectivity index (χ4n) is 3.89. The molecule has 31 heavy (non-hydrogen) atoms. The van der Waals surface area contributed by atoms with Crippen molar-refractivity contribution in [3.63, 3.8) is 0 Å². The molecule has 0 saturated carbocycles. The maximum absolute atomic E-state index is 12.6. The SMILES string of the molecule is CCOc1ccc(CC(=O)NC2CCCN(c3cc(-c4ccc(Cl)cc4)[nH]n3)C2)cc1. The minimum Gasteiger partial charge on any atom is -0.494 e. The molecule has 1 atom stereocenters. The second-order valence-corrected chi connectivity index (χ2v) is 8.19. The molecule has 3 aromatic rings. The summed E-state index contributed by atoms with van der Waals surface area (Å²) in [6.07, 6.45) is 2.35. The lowest BCUT2D eigenvalue weighted by Crippen LogP contribution is -2.48. The summed E-state index contributed by atoms with van der Waals surface area (Å²) in [4.78, 5) is 14.8. The van der Waals surface area contributed by atoms with E-state index in [2.05, 4.69) is 20.4 Å². The smallest absolute Gasteiger partial charge is 0.224 e. The third-order valence-corrected chi connectivity index (χ3v) is 5.68. The van der Waals surface area contributed by atoms with Gasteiger partial charge in [0.05, 0.1) is 18.7 Å². The van der Waals surface area contributed by atoms with Crippen LogP contribution in [0.5, 0.6) is 5.75 Å². The molecule has 0 aliphatic carbocycles. The van der Waals surface area contributed by atoms with Crippen molar-refractivity contribution in [2.75, 3.05) is 24.6 Å². The number of halogens is 1. The Balaban J connectivity index is 1.33. The lowest BCUT2D eigenvalue weighted by atomic mass is 10.0. The molecule has 0 spiro atoms. The van der Waals surface area contributed by atoms with E-state index in [0.717, 1.165) is 54.3 Å². The van der Waals surface area contributed by atoms with Gasteiger partial charge in [-0.15, -0.1) is 0 Å². The number of carbonyl (C=O) groups is 1. The monoisotopic (exact) mass is 438 g/mol. The van der Waals surface area contributed by atoms with Gasteiger partial charge in [0.1, 0.15) is 5.75 Å². The van der Waals surface area contributed by atoms with Crippen molar-refractivity contribution in [3.8, 4) is 17.0 Å². The standard InChI is InChI=1S/C24H27ClN4O2/c1-2-31-21-11-5-17(6-12-21)14-24(30)26-20-4-3-13-29(16-20)23-15-22(27-28-23)18-7-9-19(25)10-8-18/h5-12,15,20H,2-4,13-14,16H2,1H3,(H,26,30)(H,27,28). The second kappa shape index (κ2) is 9.88. The van der Waals surface area contributed by atoms with Gasteiger partial charge >= 0.3 is 0 Å². The van der Waals surface area contributed by atoms with Crippen LogP contribution >= 0.6 is 11.6 Å². The van der Waals surface area contributed by atoms with Crippen LogP contribution in [-0.2, 0) is 11.2 Å². The minimum atomic E-state index is 0.0416. The zero-order chi connectivity index (χ0) is 21.6. The molecule has 1 aliphatic rings. The van der Waals surface area contributed by atoms with Crippen LogP contribution in [-0.4, -0.2) is 41.8 Å². The lowest BCUT2D eigenvalue weighted by Gasteiger charge is -2.33. The van der Waals surface area contributed by atoms with Crippen molar-refractivity contribution in [2.24, 2.45) is 0 Å². The number of piperidine rings is 1. The summed E-state index contributed by atoms with van der Waals surface area (Å²) in [6.45, 7) is 4.27. The highest BCUT2D eigenvalue weighted by molar-refractivity contribution is 6.30. The highest BCUT2D eigenvalue weighted by Crippen LogP contribution is 2.25. The number of hydrogen-bond acceptors (Lipinski definition) is 4. The van der Waals surface area contributed by atoms with E-state index < -0.39 is 0 Å². The zero-order valence-corrected chi connectivity index (χ0v) is 18.4. The summed E-state index contributed by atoms with van der Waals surface area (Å²) in [7, 11) is 0. The summed E-state index contributed by atoms with van der Waals surface area (Å²) >= 11 is 5.98. The van der Waals surface area contributed by atoms with Gasteiger partial charge in [-0.05, 0) is 55.2 Å². The van der Waals surface area contributed by atoms with Crippen molar-refractivity contribution in [1.29, 1.82) is 0 Å². The summed E-state index contributed by atoms with van der Waals surface area (Å²) in [5, 5.41) is 11.5. The van der Waals surface area contributed by atoms with Crippen LogP contribution in [0.25, 0.3) is 11.3 Å². The van der Waals surface area contributed by atoms with E-state index in [9.17, 15) is 4.79 Å². The Morgan fingerprint density at radius 1 is 1.23 bits per heavy atom. The van der Waals surface area contributed by atoms with E-state index in [0.29, 0.717) is 18.1 Å². The number of benzene rings is 2. The van der Waals surface area contributed by atoms with E-state index >= 15 is 0 Å². The number of ether oxygens (including phenoxy) is 1. The number of carbonyl (C=O) groups excluding carboxylic acids is 1. The van der Waals surface area contributed by atoms with E-state index in [1.165, 1.54) is 0 Å². The van der Waals surface area contributed by atoms with Gasteiger partial charge in [-0.25, -0.2) is 0 Å². The predicted molar refractivity (Wildman–Crippen MR) is 124 cm³/mol. The van der Waals surface area contributed by atoms with Crippen molar-refractivity contribution in [1.82, 2.24) is 15.5 Å². The van der Waals surface area contributed by atoms with Gasteiger partial charge in [0.2, 0.25) is 5.91 Å². The van der Waals surface area contributed by atoms with Crippen LogP contribution in [0.15, 0.2) is 54.6 Å². The number of nitrogens with one attached hydrogen (secondary N) is 2. The van der Waals surface area contributed by atoms with Crippen molar-refractivity contribution >= 4 is 23.3 Å². The van der Waals surface area contributed by atoms with Crippen LogP contribution in [0.1, 0.15) is 25.3 Å². The molecule has 2 heterocycles. The lowest BCUT2D eigenvalue weighted by molar-refractivity contribution is -0.121. The maximum Gasteiger partial charge on any atom is 0.224 e.